The zero-order chi connectivity index (χ0) is 13.4. The first-order valence-corrected chi connectivity index (χ1v) is 8.52. The van der Waals surface area contributed by atoms with E-state index in [0.717, 1.165) is 47.3 Å². The van der Waals surface area contributed by atoms with E-state index < -0.39 is 0 Å². The summed E-state index contributed by atoms with van der Waals surface area (Å²) in [6.45, 7) is 14.6. The lowest BCUT2D eigenvalue weighted by Gasteiger charge is -2.18. The van der Waals surface area contributed by atoms with Gasteiger partial charge in [-0.1, -0.05) is 54.4 Å². The van der Waals surface area contributed by atoms with E-state index in [1.165, 1.54) is 25.7 Å². The largest absolute Gasteiger partial charge is 0.0651 e. The van der Waals surface area contributed by atoms with Crippen LogP contribution in [0.4, 0.5) is 0 Å². The van der Waals surface area contributed by atoms with Gasteiger partial charge in [-0.05, 0) is 60.2 Å². The predicted octanol–water partition coefficient (Wildman–Crippen LogP) is 5.62. The molecule has 0 amide bonds. The molecule has 0 heteroatoms. The van der Waals surface area contributed by atoms with Gasteiger partial charge in [-0.2, -0.15) is 0 Å². The van der Waals surface area contributed by atoms with Crippen molar-refractivity contribution in [3.05, 3.63) is 0 Å². The third-order valence-corrected chi connectivity index (χ3v) is 6.85. The third kappa shape index (κ3) is 2.63. The number of hydrogen-bond acceptors (Lipinski definition) is 0. The molecule has 8 unspecified atom stereocenters. The maximum Gasteiger partial charge on any atom is -0.0326 e. The normalized spacial score (nSPS) is 45.7. The fourth-order valence-corrected chi connectivity index (χ4v) is 4.83. The van der Waals surface area contributed by atoms with E-state index in [9.17, 15) is 0 Å². The summed E-state index contributed by atoms with van der Waals surface area (Å²) < 4.78 is 0. The molecule has 0 spiro atoms. The van der Waals surface area contributed by atoms with Crippen LogP contribution in [0.5, 0.6) is 0 Å². The van der Waals surface area contributed by atoms with Crippen LogP contribution in [0.25, 0.3) is 0 Å². The Bertz CT molecular complexity index is 269. The fraction of sp³-hybridized carbons (Fsp3) is 1.00. The number of hydrogen-bond donors (Lipinski definition) is 0. The molecule has 106 valence electrons. The second-order valence-corrected chi connectivity index (χ2v) is 7.52. The van der Waals surface area contributed by atoms with E-state index in [1.807, 2.05) is 0 Å². The topological polar surface area (TPSA) is 0 Å². The van der Waals surface area contributed by atoms with Crippen molar-refractivity contribution in [3.8, 4) is 0 Å². The molecule has 0 nitrogen and oxygen atoms in total. The van der Waals surface area contributed by atoms with Gasteiger partial charge in [-0.15, -0.1) is 0 Å². The molecule has 2 saturated carbocycles. The second-order valence-electron chi connectivity index (χ2n) is 7.52. The molecule has 8 atom stereocenters. The van der Waals surface area contributed by atoms with Crippen LogP contribution in [-0.4, -0.2) is 0 Å². The minimum atomic E-state index is 0.922. The van der Waals surface area contributed by atoms with Crippen molar-refractivity contribution in [2.75, 3.05) is 0 Å². The fourth-order valence-electron chi connectivity index (χ4n) is 4.83. The van der Waals surface area contributed by atoms with Crippen molar-refractivity contribution >= 4 is 0 Å². The van der Waals surface area contributed by atoms with Crippen molar-refractivity contribution in [1.29, 1.82) is 0 Å². The molecule has 0 heterocycles. The Morgan fingerprint density at radius 2 is 1.44 bits per heavy atom. The van der Waals surface area contributed by atoms with Crippen LogP contribution in [0.3, 0.4) is 0 Å². The maximum atomic E-state index is 2.50. The van der Waals surface area contributed by atoms with Gasteiger partial charge in [0.15, 0.2) is 0 Å². The van der Waals surface area contributed by atoms with Crippen molar-refractivity contribution in [1.82, 2.24) is 0 Å². The summed E-state index contributed by atoms with van der Waals surface area (Å²) in [7, 11) is 0. The molecule has 0 aromatic heterocycles. The van der Waals surface area contributed by atoms with Gasteiger partial charge in [0.2, 0.25) is 0 Å². The molecular formula is C18H34. The van der Waals surface area contributed by atoms with Crippen molar-refractivity contribution in [3.63, 3.8) is 0 Å². The van der Waals surface area contributed by atoms with Crippen LogP contribution in [0.15, 0.2) is 0 Å². The lowest BCUT2D eigenvalue weighted by atomic mass is 9.87. The summed E-state index contributed by atoms with van der Waals surface area (Å²) in [4.78, 5) is 0. The molecule has 2 fully saturated rings. The van der Waals surface area contributed by atoms with Crippen LogP contribution in [0.1, 0.15) is 67.2 Å². The Kier molecular flexibility index (Phi) is 4.44. The van der Waals surface area contributed by atoms with Gasteiger partial charge in [0.1, 0.15) is 0 Å². The minimum Gasteiger partial charge on any atom is -0.0651 e. The van der Waals surface area contributed by atoms with Crippen LogP contribution in [-0.2, 0) is 0 Å². The molecule has 18 heavy (non-hydrogen) atoms. The molecule has 0 saturated heterocycles. The molecule has 0 aliphatic heterocycles. The monoisotopic (exact) mass is 250 g/mol. The Morgan fingerprint density at radius 1 is 0.833 bits per heavy atom. The first-order chi connectivity index (χ1) is 8.52. The lowest BCUT2D eigenvalue weighted by molar-refractivity contribution is 0.312. The summed E-state index contributed by atoms with van der Waals surface area (Å²) in [6.07, 6.45) is 5.82. The van der Waals surface area contributed by atoms with Crippen molar-refractivity contribution in [2.24, 2.45) is 47.3 Å². The Labute approximate surface area is 115 Å². The third-order valence-electron chi connectivity index (χ3n) is 6.85. The summed E-state index contributed by atoms with van der Waals surface area (Å²) in [6, 6.07) is 0. The van der Waals surface area contributed by atoms with Crippen LogP contribution in [0.2, 0.25) is 0 Å². The standard InChI is InChI=1S/C18H34/c1-7-11(3)12(4)18-14(6)17(18)10-9-16-13(5)15(16)8-2/h11-18H,7-10H2,1-6H3. The van der Waals surface area contributed by atoms with Gasteiger partial charge in [0.25, 0.3) is 0 Å². The Morgan fingerprint density at radius 3 is 1.94 bits per heavy atom. The number of rotatable bonds is 7. The molecule has 0 N–H and O–H groups in total. The summed E-state index contributed by atoms with van der Waals surface area (Å²) in [5, 5.41) is 0. The Balaban J connectivity index is 1.72. The minimum absolute atomic E-state index is 0.922. The highest BCUT2D eigenvalue weighted by molar-refractivity contribution is 5.00. The smallest absolute Gasteiger partial charge is 0.0326 e. The zero-order valence-corrected chi connectivity index (χ0v) is 13.4. The van der Waals surface area contributed by atoms with Gasteiger partial charge in [-0.25, -0.2) is 0 Å². The summed E-state index contributed by atoms with van der Waals surface area (Å²) in [5.74, 6) is 8.21. The first kappa shape index (κ1) is 14.4. The molecule has 0 bridgehead atoms. The van der Waals surface area contributed by atoms with Gasteiger partial charge in [0.05, 0.1) is 0 Å². The van der Waals surface area contributed by atoms with Crippen LogP contribution >= 0.6 is 0 Å². The van der Waals surface area contributed by atoms with Gasteiger partial charge in [0, 0.05) is 0 Å². The maximum absolute atomic E-state index is 2.50. The summed E-state index contributed by atoms with van der Waals surface area (Å²) in [5.41, 5.74) is 0. The quantitative estimate of drug-likeness (QED) is 0.550. The average Bonchev–Trinajstić information content (AvgIpc) is 3.21. The van der Waals surface area contributed by atoms with E-state index in [0.29, 0.717) is 0 Å². The lowest BCUT2D eigenvalue weighted by Crippen LogP contribution is -2.10. The molecule has 2 aliphatic carbocycles. The average molecular weight is 250 g/mol. The first-order valence-electron chi connectivity index (χ1n) is 8.52. The molecule has 2 aliphatic rings. The van der Waals surface area contributed by atoms with Gasteiger partial charge >= 0.3 is 0 Å². The van der Waals surface area contributed by atoms with Gasteiger partial charge in [-0.3, -0.25) is 0 Å². The highest BCUT2D eigenvalue weighted by Gasteiger charge is 2.51. The zero-order valence-electron chi connectivity index (χ0n) is 13.4. The van der Waals surface area contributed by atoms with E-state index >= 15 is 0 Å². The predicted molar refractivity (Wildman–Crippen MR) is 80.4 cm³/mol. The van der Waals surface area contributed by atoms with Crippen molar-refractivity contribution < 1.29 is 0 Å². The second kappa shape index (κ2) is 5.55. The molecule has 0 aromatic carbocycles. The summed E-state index contributed by atoms with van der Waals surface area (Å²) >= 11 is 0. The van der Waals surface area contributed by atoms with E-state index in [2.05, 4.69) is 41.5 Å². The van der Waals surface area contributed by atoms with Crippen molar-refractivity contribution in [2.45, 2.75) is 67.2 Å². The molecular weight excluding hydrogens is 216 g/mol. The molecule has 2 rings (SSSR count). The van der Waals surface area contributed by atoms with Crippen LogP contribution < -0.4 is 0 Å². The molecule has 0 radical (unpaired) electrons. The van der Waals surface area contributed by atoms with Crippen LogP contribution in [0, 0.1) is 47.3 Å². The molecule has 0 aromatic rings. The highest BCUT2D eigenvalue weighted by atomic mass is 14.6. The Hall–Kier alpha value is 0. The van der Waals surface area contributed by atoms with E-state index in [1.54, 1.807) is 0 Å². The van der Waals surface area contributed by atoms with E-state index in [4.69, 9.17) is 0 Å². The SMILES string of the molecule is CCC(C)C(C)C1C(C)C1CCC1C(C)C1CC. The highest BCUT2D eigenvalue weighted by Crippen LogP contribution is 2.58. The van der Waals surface area contributed by atoms with E-state index in [-0.39, 0.29) is 0 Å². The van der Waals surface area contributed by atoms with Gasteiger partial charge < -0.3 is 0 Å².